The van der Waals surface area contributed by atoms with Crippen molar-refractivity contribution in [2.75, 3.05) is 6.61 Å². The number of nitriles is 1. The zero-order chi connectivity index (χ0) is 23.4. The molecule has 1 aromatic heterocycles. The maximum atomic E-state index is 15.1. The Bertz CT molecular complexity index is 1320. The second-order valence-corrected chi connectivity index (χ2v) is 7.61. The second-order valence-electron chi connectivity index (χ2n) is 7.61. The predicted octanol–water partition coefficient (Wildman–Crippen LogP) is 6.16. The molecule has 3 aromatic carbocycles. The molecule has 0 aliphatic rings. The Hall–Kier alpha value is -3.92. The number of hydrogen-bond donors (Lipinski definition) is 0. The third kappa shape index (κ3) is 4.80. The molecule has 0 radical (unpaired) electrons. The number of halogens is 3. The Balaban J connectivity index is 1.54. The van der Waals surface area contributed by atoms with Gasteiger partial charge in [0.15, 0.2) is 11.6 Å². The van der Waals surface area contributed by atoms with Crippen LogP contribution in [0.2, 0.25) is 0 Å². The van der Waals surface area contributed by atoms with E-state index < -0.39 is 17.2 Å². The van der Waals surface area contributed by atoms with Gasteiger partial charge in [0.1, 0.15) is 29.1 Å². The molecule has 7 heteroatoms. The van der Waals surface area contributed by atoms with Crippen LogP contribution in [-0.4, -0.2) is 16.6 Å². The highest BCUT2D eigenvalue weighted by molar-refractivity contribution is 5.87. The number of aryl methyl sites for hydroxylation is 2. The summed E-state index contributed by atoms with van der Waals surface area (Å²) < 4.78 is 48.3. The molecule has 0 bridgehead atoms. The van der Waals surface area contributed by atoms with Crippen LogP contribution in [-0.2, 0) is 12.8 Å². The zero-order valence-electron chi connectivity index (χ0n) is 17.9. The zero-order valence-corrected chi connectivity index (χ0v) is 17.9. The number of hydrogen-bond acceptors (Lipinski definition) is 4. The van der Waals surface area contributed by atoms with Crippen LogP contribution in [0.5, 0.6) is 5.75 Å². The topological polar surface area (TPSA) is 58.8 Å². The van der Waals surface area contributed by atoms with Crippen molar-refractivity contribution in [3.8, 4) is 23.2 Å². The molecule has 0 aliphatic heterocycles. The van der Waals surface area contributed by atoms with Crippen molar-refractivity contribution in [2.24, 2.45) is 0 Å². The van der Waals surface area contributed by atoms with Crippen LogP contribution in [0.1, 0.15) is 30.0 Å². The van der Waals surface area contributed by atoms with Gasteiger partial charge < -0.3 is 4.74 Å². The van der Waals surface area contributed by atoms with Gasteiger partial charge in [-0.15, -0.1) is 0 Å². The summed E-state index contributed by atoms with van der Waals surface area (Å²) in [5.41, 5.74) is 0.940. The summed E-state index contributed by atoms with van der Waals surface area (Å²) in [5.74, 6) is -1.09. The fourth-order valence-corrected chi connectivity index (χ4v) is 3.58. The first kappa shape index (κ1) is 22.3. The lowest BCUT2D eigenvalue weighted by atomic mass is 9.98. The molecule has 0 atom stereocenters. The summed E-state index contributed by atoms with van der Waals surface area (Å²) in [6, 6.07) is 12.4. The third-order valence-corrected chi connectivity index (χ3v) is 5.29. The molecule has 1 heterocycles. The van der Waals surface area contributed by atoms with Gasteiger partial charge in [-0.1, -0.05) is 31.2 Å². The number of aromatic nitrogens is 2. The molecule has 0 amide bonds. The molecule has 0 N–H and O–H groups in total. The number of nitrogens with zero attached hydrogens (tertiary/aromatic N) is 3. The van der Waals surface area contributed by atoms with E-state index in [0.717, 1.165) is 24.1 Å². The summed E-state index contributed by atoms with van der Waals surface area (Å²) >= 11 is 0. The number of fused-ring (bicyclic) bond motifs is 1. The van der Waals surface area contributed by atoms with E-state index in [4.69, 9.17) is 10.00 Å². The first-order valence-electron chi connectivity index (χ1n) is 10.5. The molecule has 33 heavy (non-hydrogen) atoms. The molecule has 4 aromatic rings. The monoisotopic (exact) mass is 447 g/mol. The average Bonchev–Trinajstić information content (AvgIpc) is 2.82. The first-order chi connectivity index (χ1) is 16.0. The maximum Gasteiger partial charge on any atom is 0.159 e. The lowest BCUT2D eigenvalue weighted by molar-refractivity contribution is 0.315. The number of ether oxygens (including phenoxy) is 1. The Morgan fingerprint density at radius 1 is 0.939 bits per heavy atom. The molecule has 4 nitrogen and oxygen atoms in total. The van der Waals surface area contributed by atoms with E-state index >= 15 is 4.39 Å². The molecule has 0 fully saturated rings. The summed E-state index contributed by atoms with van der Waals surface area (Å²) in [7, 11) is 0. The van der Waals surface area contributed by atoms with Crippen molar-refractivity contribution < 1.29 is 17.9 Å². The fraction of sp³-hybridized carbons (Fsp3) is 0.192. The van der Waals surface area contributed by atoms with E-state index in [1.54, 1.807) is 36.7 Å². The molecule has 0 saturated heterocycles. The fourth-order valence-electron chi connectivity index (χ4n) is 3.58. The van der Waals surface area contributed by atoms with Crippen LogP contribution in [0.25, 0.3) is 22.2 Å². The van der Waals surface area contributed by atoms with E-state index in [1.165, 1.54) is 6.07 Å². The summed E-state index contributed by atoms with van der Waals surface area (Å²) in [6.07, 6.45) is 4.61. The Labute approximate surface area is 189 Å². The first-order valence-corrected chi connectivity index (χ1v) is 10.5. The van der Waals surface area contributed by atoms with Gasteiger partial charge in [-0.3, -0.25) is 0 Å². The van der Waals surface area contributed by atoms with Crippen LogP contribution < -0.4 is 4.74 Å². The van der Waals surface area contributed by atoms with Gasteiger partial charge in [0.05, 0.1) is 19.0 Å². The van der Waals surface area contributed by atoms with Crippen molar-refractivity contribution in [1.29, 1.82) is 5.26 Å². The predicted molar refractivity (Wildman–Crippen MR) is 119 cm³/mol. The van der Waals surface area contributed by atoms with Crippen LogP contribution in [0.4, 0.5) is 13.2 Å². The van der Waals surface area contributed by atoms with Gasteiger partial charge in [0.25, 0.3) is 0 Å². The van der Waals surface area contributed by atoms with Crippen molar-refractivity contribution in [2.45, 2.75) is 26.2 Å². The molecule has 0 spiro atoms. The molecular weight excluding hydrogens is 427 g/mol. The minimum Gasteiger partial charge on any atom is -0.490 e. The SMILES string of the molecule is CCCOc1cnc(-c2ccc3c(F)c(CCc4cc(F)c(C#N)c(F)c4)ccc3c2)nc1. The molecule has 0 saturated carbocycles. The third-order valence-electron chi connectivity index (χ3n) is 5.29. The highest BCUT2D eigenvalue weighted by Gasteiger charge is 2.13. The van der Waals surface area contributed by atoms with Crippen LogP contribution >= 0.6 is 0 Å². The van der Waals surface area contributed by atoms with Gasteiger partial charge in [0, 0.05) is 10.9 Å². The minimum atomic E-state index is -0.911. The second kappa shape index (κ2) is 9.70. The summed E-state index contributed by atoms with van der Waals surface area (Å²) in [4.78, 5) is 8.65. The van der Waals surface area contributed by atoms with Crippen molar-refractivity contribution in [1.82, 2.24) is 9.97 Å². The molecule has 166 valence electrons. The van der Waals surface area contributed by atoms with E-state index in [1.807, 2.05) is 13.0 Å². The number of rotatable bonds is 7. The van der Waals surface area contributed by atoms with E-state index in [9.17, 15) is 8.78 Å². The standard InChI is InChI=1S/C26H20F3N3O/c1-2-9-33-20-14-31-26(32-15-20)19-7-8-21-18(12-19)6-5-17(25(21)29)4-3-16-10-23(27)22(13-30)24(28)11-16/h5-8,10-12,14-15H,2-4,9H2,1H3. The van der Waals surface area contributed by atoms with Gasteiger partial charge in [-0.2, -0.15) is 5.26 Å². The summed E-state index contributed by atoms with van der Waals surface area (Å²) in [5, 5.41) is 9.91. The largest absolute Gasteiger partial charge is 0.490 e. The highest BCUT2D eigenvalue weighted by atomic mass is 19.1. The van der Waals surface area contributed by atoms with E-state index in [-0.39, 0.29) is 18.7 Å². The quantitative estimate of drug-likeness (QED) is 0.340. The lowest BCUT2D eigenvalue weighted by Crippen LogP contribution is -1.99. The summed E-state index contributed by atoms with van der Waals surface area (Å²) in [6.45, 7) is 2.61. The molecular formula is C26H20F3N3O. The minimum absolute atomic E-state index is 0.236. The van der Waals surface area contributed by atoms with E-state index in [0.29, 0.717) is 40.1 Å². The lowest BCUT2D eigenvalue weighted by Gasteiger charge is -2.09. The van der Waals surface area contributed by atoms with Crippen molar-refractivity contribution in [3.63, 3.8) is 0 Å². The average molecular weight is 447 g/mol. The Kier molecular flexibility index (Phi) is 6.55. The van der Waals surface area contributed by atoms with Gasteiger partial charge in [0.2, 0.25) is 0 Å². The van der Waals surface area contributed by atoms with Gasteiger partial charge in [-0.05, 0) is 54.0 Å². The number of benzene rings is 3. The Morgan fingerprint density at radius 3 is 2.33 bits per heavy atom. The molecule has 0 aliphatic carbocycles. The van der Waals surface area contributed by atoms with Crippen molar-refractivity contribution in [3.05, 3.63) is 89.0 Å². The van der Waals surface area contributed by atoms with Gasteiger partial charge >= 0.3 is 0 Å². The van der Waals surface area contributed by atoms with Crippen molar-refractivity contribution >= 4 is 10.8 Å². The maximum absolute atomic E-state index is 15.1. The van der Waals surface area contributed by atoms with Crippen LogP contribution in [0.3, 0.4) is 0 Å². The molecule has 0 unspecified atom stereocenters. The highest BCUT2D eigenvalue weighted by Crippen LogP contribution is 2.27. The van der Waals surface area contributed by atoms with E-state index in [2.05, 4.69) is 9.97 Å². The van der Waals surface area contributed by atoms with Crippen LogP contribution in [0, 0.1) is 28.8 Å². The molecule has 4 rings (SSSR count). The van der Waals surface area contributed by atoms with Crippen LogP contribution in [0.15, 0.2) is 54.9 Å². The Morgan fingerprint density at radius 2 is 1.67 bits per heavy atom. The smallest absolute Gasteiger partial charge is 0.159 e. The van der Waals surface area contributed by atoms with Gasteiger partial charge in [-0.25, -0.2) is 23.1 Å². The normalized spacial score (nSPS) is 10.9.